The van der Waals surface area contributed by atoms with Gasteiger partial charge in [0.1, 0.15) is 6.04 Å². The van der Waals surface area contributed by atoms with E-state index in [-0.39, 0.29) is 6.04 Å². The van der Waals surface area contributed by atoms with Crippen LogP contribution >= 0.6 is 11.6 Å². The van der Waals surface area contributed by atoms with Gasteiger partial charge in [0, 0.05) is 11.1 Å². The van der Waals surface area contributed by atoms with Crippen LogP contribution in [0.5, 0.6) is 0 Å². The van der Waals surface area contributed by atoms with Gasteiger partial charge in [-0.15, -0.1) is 0 Å². The molecule has 0 aromatic heterocycles. The van der Waals surface area contributed by atoms with Crippen molar-refractivity contribution in [3.63, 3.8) is 0 Å². The minimum Gasteiger partial charge on any atom is -0.480 e. The lowest BCUT2D eigenvalue weighted by molar-refractivity contribution is -0.139. The van der Waals surface area contributed by atoms with Gasteiger partial charge in [-0.1, -0.05) is 17.7 Å². The number of benzene rings is 1. The molecule has 0 bridgehead atoms. The minimum atomic E-state index is -0.811. The standard InChI is InChI=1S/C12H14ClNO2/c1-7(12(15)16)14-11-5-8-2-3-10(13)4-9(8)6-11/h2-4,7,11,14H,5-6H2,1H3,(H,15,16). The van der Waals surface area contributed by atoms with E-state index in [4.69, 9.17) is 16.7 Å². The molecule has 2 unspecified atom stereocenters. The van der Waals surface area contributed by atoms with Gasteiger partial charge in [0.05, 0.1) is 0 Å². The molecule has 2 atom stereocenters. The van der Waals surface area contributed by atoms with Gasteiger partial charge in [-0.25, -0.2) is 0 Å². The molecular weight excluding hydrogens is 226 g/mol. The Hall–Kier alpha value is -1.06. The topological polar surface area (TPSA) is 49.3 Å². The molecule has 0 heterocycles. The van der Waals surface area contributed by atoms with E-state index in [1.165, 1.54) is 11.1 Å². The van der Waals surface area contributed by atoms with E-state index in [0.717, 1.165) is 17.9 Å². The Morgan fingerprint density at radius 1 is 1.50 bits per heavy atom. The molecule has 0 spiro atoms. The Labute approximate surface area is 99.4 Å². The molecule has 2 N–H and O–H groups in total. The molecule has 0 fully saturated rings. The molecule has 1 aromatic carbocycles. The summed E-state index contributed by atoms with van der Waals surface area (Å²) in [6, 6.07) is 5.56. The Balaban J connectivity index is 2.03. The summed E-state index contributed by atoms with van der Waals surface area (Å²) in [6.45, 7) is 1.66. The number of aliphatic carboxylic acids is 1. The van der Waals surface area contributed by atoms with Crippen molar-refractivity contribution in [1.29, 1.82) is 0 Å². The van der Waals surface area contributed by atoms with Gasteiger partial charge >= 0.3 is 5.97 Å². The first-order valence-electron chi connectivity index (χ1n) is 5.32. The number of carboxylic acids is 1. The largest absolute Gasteiger partial charge is 0.480 e. The first-order chi connectivity index (χ1) is 7.56. The maximum Gasteiger partial charge on any atom is 0.320 e. The SMILES string of the molecule is CC(NC1Cc2ccc(Cl)cc2C1)C(=O)O. The van der Waals surface area contributed by atoms with E-state index < -0.39 is 12.0 Å². The highest BCUT2D eigenvalue weighted by Gasteiger charge is 2.24. The maximum absolute atomic E-state index is 10.7. The lowest BCUT2D eigenvalue weighted by atomic mass is 10.1. The van der Waals surface area contributed by atoms with Gasteiger partial charge < -0.3 is 10.4 Å². The Morgan fingerprint density at radius 2 is 2.19 bits per heavy atom. The predicted octanol–water partition coefficient (Wildman–Crippen LogP) is 1.87. The smallest absolute Gasteiger partial charge is 0.320 e. The van der Waals surface area contributed by atoms with Gasteiger partial charge in [0.25, 0.3) is 0 Å². The molecule has 0 saturated carbocycles. The number of rotatable bonds is 3. The van der Waals surface area contributed by atoms with Gasteiger partial charge in [-0.3, -0.25) is 4.79 Å². The second-order valence-corrected chi connectivity index (χ2v) is 4.68. The predicted molar refractivity (Wildman–Crippen MR) is 62.9 cm³/mol. The third kappa shape index (κ3) is 2.36. The molecule has 16 heavy (non-hydrogen) atoms. The minimum absolute atomic E-state index is 0.208. The normalized spacial score (nSPS) is 20.5. The average molecular weight is 240 g/mol. The fraction of sp³-hybridized carbons (Fsp3) is 0.417. The molecule has 0 aliphatic heterocycles. The second-order valence-electron chi connectivity index (χ2n) is 4.24. The number of carboxylic acid groups (broad SMARTS) is 1. The quantitative estimate of drug-likeness (QED) is 0.847. The van der Waals surface area contributed by atoms with Crippen LogP contribution in [0, 0.1) is 0 Å². The van der Waals surface area contributed by atoms with E-state index in [9.17, 15) is 4.79 Å². The summed E-state index contributed by atoms with van der Waals surface area (Å²) < 4.78 is 0. The van der Waals surface area contributed by atoms with Crippen molar-refractivity contribution in [3.8, 4) is 0 Å². The number of nitrogens with one attached hydrogen (secondary N) is 1. The van der Waals surface area contributed by atoms with Crippen LogP contribution in [0.1, 0.15) is 18.1 Å². The van der Waals surface area contributed by atoms with E-state index in [2.05, 4.69) is 5.32 Å². The van der Waals surface area contributed by atoms with Crippen LogP contribution < -0.4 is 5.32 Å². The summed E-state index contributed by atoms with van der Waals surface area (Å²) in [4.78, 5) is 10.7. The maximum atomic E-state index is 10.7. The van der Waals surface area contributed by atoms with Crippen molar-refractivity contribution in [2.45, 2.75) is 31.8 Å². The van der Waals surface area contributed by atoms with Crippen LogP contribution in [0.15, 0.2) is 18.2 Å². The van der Waals surface area contributed by atoms with Crippen molar-refractivity contribution < 1.29 is 9.90 Å². The summed E-state index contributed by atoms with van der Waals surface area (Å²) in [7, 11) is 0. The van der Waals surface area contributed by atoms with Crippen molar-refractivity contribution in [2.24, 2.45) is 0 Å². The van der Waals surface area contributed by atoms with Crippen LogP contribution in [0.4, 0.5) is 0 Å². The molecule has 3 nitrogen and oxygen atoms in total. The first kappa shape index (κ1) is 11.4. The molecule has 2 rings (SSSR count). The molecule has 1 aliphatic carbocycles. The molecule has 86 valence electrons. The van der Waals surface area contributed by atoms with Crippen molar-refractivity contribution in [2.75, 3.05) is 0 Å². The van der Waals surface area contributed by atoms with Gasteiger partial charge in [-0.05, 0) is 43.0 Å². The van der Waals surface area contributed by atoms with Crippen molar-refractivity contribution >= 4 is 17.6 Å². The summed E-state index contributed by atoms with van der Waals surface area (Å²) >= 11 is 5.91. The lowest BCUT2D eigenvalue weighted by Crippen LogP contribution is -2.41. The van der Waals surface area contributed by atoms with Gasteiger partial charge in [0.15, 0.2) is 0 Å². The zero-order chi connectivity index (χ0) is 11.7. The second kappa shape index (κ2) is 4.44. The van der Waals surface area contributed by atoms with E-state index in [1.807, 2.05) is 18.2 Å². The number of fused-ring (bicyclic) bond motifs is 1. The Kier molecular flexibility index (Phi) is 3.17. The summed E-state index contributed by atoms with van der Waals surface area (Å²) in [5, 5.41) is 12.7. The summed E-state index contributed by atoms with van der Waals surface area (Å²) in [5.74, 6) is -0.811. The zero-order valence-electron chi connectivity index (χ0n) is 9.03. The van der Waals surface area contributed by atoms with Gasteiger partial charge in [0.2, 0.25) is 0 Å². The molecule has 0 radical (unpaired) electrons. The molecule has 1 aromatic rings. The highest BCUT2D eigenvalue weighted by molar-refractivity contribution is 6.30. The first-order valence-corrected chi connectivity index (χ1v) is 5.70. The number of hydrogen-bond acceptors (Lipinski definition) is 2. The van der Waals surface area contributed by atoms with Crippen LogP contribution in [0.3, 0.4) is 0 Å². The van der Waals surface area contributed by atoms with Crippen LogP contribution in [-0.2, 0) is 17.6 Å². The molecule has 0 amide bonds. The molecule has 0 saturated heterocycles. The summed E-state index contributed by atoms with van der Waals surface area (Å²) in [5.41, 5.74) is 2.49. The van der Waals surface area contributed by atoms with Crippen LogP contribution in [0.25, 0.3) is 0 Å². The summed E-state index contributed by atoms with van der Waals surface area (Å²) in [6.07, 6.45) is 1.73. The van der Waals surface area contributed by atoms with E-state index in [1.54, 1.807) is 6.92 Å². The molecule has 4 heteroatoms. The monoisotopic (exact) mass is 239 g/mol. The van der Waals surface area contributed by atoms with Crippen LogP contribution in [-0.4, -0.2) is 23.2 Å². The van der Waals surface area contributed by atoms with E-state index in [0.29, 0.717) is 0 Å². The van der Waals surface area contributed by atoms with E-state index >= 15 is 0 Å². The third-order valence-electron chi connectivity index (χ3n) is 2.96. The molecular formula is C12H14ClNO2. The zero-order valence-corrected chi connectivity index (χ0v) is 9.79. The average Bonchev–Trinajstić information content (AvgIpc) is 2.58. The lowest BCUT2D eigenvalue weighted by Gasteiger charge is -2.15. The third-order valence-corrected chi connectivity index (χ3v) is 3.19. The number of carbonyl (C=O) groups is 1. The number of hydrogen-bond donors (Lipinski definition) is 2. The highest BCUT2D eigenvalue weighted by Crippen LogP contribution is 2.25. The van der Waals surface area contributed by atoms with Gasteiger partial charge in [-0.2, -0.15) is 0 Å². The van der Waals surface area contributed by atoms with Crippen molar-refractivity contribution in [3.05, 3.63) is 34.3 Å². The highest BCUT2D eigenvalue weighted by atomic mass is 35.5. The van der Waals surface area contributed by atoms with Crippen molar-refractivity contribution in [1.82, 2.24) is 5.32 Å². The fourth-order valence-corrected chi connectivity index (χ4v) is 2.32. The van der Waals surface area contributed by atoms with Crippen LogP contribution in [0.2, 0.25) is 5.02 Å². The number of halogens is 1. The fourth-order valence-electron chi connectivity index (χ4n) is 2.13. The Morgan fingerprint density at radius 3 is 2.88 bits per heavy atom. The Bertz CT molecular complexity index is 419. The molecule has 1 aliphatic rings.